The van der Waals surface area contributed by atoms with Crippen molar-refractivity contribution < 1.29 is 10.2 Å². The molecule has 0 radical (unpaired) electrons. The van der Waals surface area contributed by atoms with Gasteiger partial charge in [0.05, 0.1) is 11.7 Å². The van der Waals surface area contributed by atoms with E-state index in [1.807, 2.05) is 27.7 Å². The van der Waals surface area contributed by atoms with Crippen molar-refractivity contribution in [1.82, 2.24) is 0 Å². The Morgan fingerprint density at radius 2 is 1.43 bits per heavy atom. The summed E-state index contributed by atoms with van der Waals surface area (Å²) < 4.78 is 0. The standard InChI is InChI=1S/2C6H14O/c1-5(2)4-6(3)7;1-4-6(3,7)5-2/h5-7H,4H2,1-3H3;7H,4-5H2,1-3H3. The van der Waals surface area contributed by atoms with Gasteiger partial charge in [-0.1, -0.05) is 27.7 Å². The van der Waals surface area contributed by atoms with Crippen molar-refractivity contribution in [3.63, 3.8) is 0 Å². The van der Waals surface area contributed by atoms with Gasteiger partial charge in [0.1, 0.15) is 0 Å². The third-order valence-electron chi connectivity index (χ3n) is 2.34. The highest BCUT2D eigenvalue weighted by molar-refractivity contribution is 4.65. The van der Waals surface area contributed by atoms with Crippen LogP contribution in [0.5, 0.6) is 0 Å². The maximum atomic E-state index is 9.13. The number of hydrogen-bond acceptors (Lipinski definition) is 2. The second kappa shape index (κ2) is 8.25. The van der Waals surface area contributed by atoms with Crippen molar-refractivity contribution in [2.24, 2.45) is 5.92 Å². The second-order valence-corrected chi connectivity index (χ2v) is 4.68. The van der Waals surface area contributed by atoms with Crippen molar-refractivity contribution in [3.8, 4) is 0 Å². The van der Waals surface area contributed by atoms with Gasteiger partial charge in [0.25, 0.3) is 0 Å². The zero-order valence-electron chi connectivity index (χ0n) is 10.7. The molecule has 0 fully saturated rings. The van der Waals surface area contributed by atoms with E-state index >= 15 is 0 Å². The average Bonchev–Trinajstić information content (AvgIpc) is 2.03. The van der Waals surface area contributed by atoms with Gasteiger partial charge in [-0.25, -0.2) is 0 Å². The topological polar surface area (TPSA) is 40.5 Å². The Morgan fingerprint density at radius 1 is 1.07 bits per heavy atom. The SMILES string of the molecule is CC(C)CC(C)O.CCC(C)(O)CC. The molecule has 0 spiro atoms. The molecule has 2 N–H and O–H groups in total. The van der Waals surface area contributed by atoms with Crippen LogP contribution in [0.2, 0.25) is 0 Å². The first kappa shape index (κ1) is 16.4. The Kier molecular flexibility index (Phi) is 9.63. The summed E-state index contributed by atoms with van der Waals surface area (Å²) in [6.07, 6.45) is 2.49. The normalized spacial score (nSPS) is 13.5. The van der Waals surface area contributed by atoms with Gasteiger partial charge < -0.3 is 10.2 Å². The zero-order chi connectivity index (χ0) is 11.8. The Labute approximate surface area is 89.3 Å². The Morgan fingerprint density at radius 3 is 1.43 bits per heavy atom. The van der Waals surface area contributed by atoms with E-state index in [4.69, 9.17) is 10.2 Å². The van der Waals surface area contributed by atoms with Crippen LogP contribution >= 0.6 is 0 Å². The molecule has 2 heteroatoms. The van der Waals surface area contributed by atoms with Gasteiger partial charge in [0.15, 0.2) is 0 Å². The highest BCUT2D eigenvalue weighted by Gasteiger charge is 2.12. The van der Waals surface area contributed by atoms with Crippen LogP contribution in [0.25, 0.3) is 0 Å². The molecule has 1 unspecified atom stereocenters. The molecule has 0 bridgehead atoms. The minimum atomic E-state index is -0.417. The summed E-state index contributed by atoms with van der Waals surface area (Å²) in [6.45, 7) is 11.9. The molecule has 0 amide bonds. The van der Waals surface area contributed by atoms with E-state index < -0.39 is 5.60 Å². The van der Waals surface area contributed by atoms with Crippen molar-refractivity contribution in [2.75, 3.05) is 0 Å². The molecule has 0 aromatic heterocycles. The number of aliphatic hydroxyl groups excluding tert-OH is 1. The van der Waals surface area contributed by atoms with Crippen molar-refractivity contribution >= 4 is 0 Å². The van der Waals surface area contributed by atoms with Gasteiger partial charge in [-0.15, -0.1) is 0 Å². The van der Waals surface area contributed by atoms with Crippen molar-refractivity contribution in [1.29, 1.82) is 0 Å². The third kappa shape index (κ3) is 14.4. The van der Waals surface area contributed by atoms with Gasteiger partial charge >= 0.3 is 0 Å². The first-order valence-electron chi connectivity index (χ1n) is 5.65. The first-order chi connectivity index (χ1) is 6.25. The number of hydrogen-bond donors (Lipinski definition) is 2. The predicted molar refractivity (Wildman–Crippen MR) is 62.3 cm³/mol. The van der Waals surface area contributed by atoms with Crippen LogP contribution in [-0.4, -0.2) is 21.9 Å². The molecule has 0 heterocycles. The molecule has 2 nitrogen and oxygen atoms in total. The van der Waals surface area contributed by atoms with E-state index in [0.717, 1.165) is 19.3 Å². The Hall–Kier alpha value is -0.0800. The van der Waals surface area contributed by atoms with E-state index in [1.165, 1.54) is 0 Å². The molecule has 0 aromatic rings. The molecule has 0 aliphatic carbocycles. The summed E-state index contributed by atoms with van der Waals surface area (Å²) in [5, 5.41) is 17.9. The van der Waals surface area contributed by atoms with E-state index in [-0.39, 0.29) is 6.10 Å². The molecule has 0 aliphatic heterocycles. The largest absolute Gasteiger partial charge is 0.393 e. The van der Waals surface area contributed by atoms with E-state index in [9.17, 15) is 0 Å². The maximum Gasteiger partial charge on any atom is 0.0614 e. The van der Waals surface area contributed by atoms with Crippen LogP contribution in [0, 0.1) is 5.92 Å². The fourth-order valence-electron chi connectivity index (χ4n) is 0.932. The van der Waals surface area contributed by atoms with E-state index in [1.54, 1.807) is 0 Å². The third-order valence-corrected chi connectivity index (χ3v) is 2.34. The molecule has 0 aliphatic rings. The highest BCUT2D eigenvalue weighted by atomic mass is 16.3. The van der Waals surface area contributed by atoms with Gasteiger partial charge in [0.2, 0.25) is 0 Å². The van der Waals surface area contributed by atoms with Gasteiger partial charge in [0, 0.05) is 0 Å². The van der Waals surface area contributed by atoms with E-state index in [2.05, 4.69) is 13.8 Å². The molecular formula is C12H28O2. The fourth-order valence-corrected chi connectivity index (χ4v) is 0.932. The average molecular weight is 204 g/mol. The lowest BCUT2D eigenvalue weighted by Gasteiger charge is -2.17. The quantitative estimate of drug-likeness (QED) is 0.739. The van der Waals surface area contributed by atoms with Crippen LogP contribution in [-0.2, 0) is 0 Å². The van der Waals surface area contributed by atoms with Gasteiger partial charge in [-0.2, -0.15) is 0 Å². The molecule has 1 atom stereocenters. The van der Waals surface area contributed by atoms with Gasteiger partial charge in [-0.3, -0.25) is 0 Å². The van der Waals surface area contributed by atoms with Crippen LogP contribution < -0.4 is 0 Å². The first-order valence-corrected chi connectivity index (χ1v) is 5.65. The number of rotatable bonds is 4. The molecule has 0 saturated carbocycles. The maximum absolute atomic E-state index is 9.13. The molecule has 0 rings (SSSR count). The molecule has 14 heavy (non-hydrogen) atoms. The smallest absolute Gasteiger partial charge is 0.0614 e. The molecular weight excluding hydrogens is 176 g/mol. The summed E-state index contributed by atoms with van der Waals surface area (Å²) in [6, 6.07) is 0. The lowest BCUT2D eigenvalue weighted by molar-refractivity contribution is 0.0521. The summed E-state index contributed by atoms with van der Waals surface area (Å²) in [5.74, 6) is 0.625. The lowest BCUT2D eigenvalue weighted by Crippen LogP contribution is -2.20. The lowest BCUT2D eigenvalue weighted by atomic mass is 10.0. The monoisotopic (exact) mass is 204 g/mol. The van der Waals surface area contributed by atoms with E-state index in [0.29, 0.717) is 5.92 Å². The second-order valence-electron chi connectivity index (χ2n) is 4.68. The van der Waals surface area contributed by atoms with Crippen LogP contribution in [0.4, 0.5) is 0 Å². The van der Waals surface area contributed by atoms with Crippen LogP contribution in [0.15, 0.2) is 0 Å². The summed E-state index contributed by atoms with van der Waals surface area (Å²) in [7, 11) is 0. The molecule has 0 saturated heterocycles. The zero-order valence-corrected chi connectivity index (χ0v) is 10.7. The van der Waals surface area contributed by atoms with Crippen LogP contribution in [0.1, 0.15) is 60.8 Å². The van der Waals surface area contributed by atoms with Crippen molar-refractivity contribution in [3.05, 3.63) is 0 Å². The predicted octanol–water partition coefficient (Wildman–Crippen LogP) is 2.97. The van der Waals surface area contributed by atoms with Crippen molar-refractivity contribution in [2.45, 2.75) is 72.5 Å². The number of aliphatic hydroxyl groups is 2. The molecule has 88 valence electrons. The minimum absolute atomic E-state index is 0.125. The molecule has 0 aromatic carbocycles. The van der Waals surface area contributed by atoms with Crippen LogP contribution in [0.3, 0.4) is 0 Å². The fraction of sp³-hybridized carbons (Fsp3) is 1.00. The van der Waals surface area contributed by atoms with Gasteiger partial charge in [-0.05, 0) is 39.0 Å². The minimum Gasteiger partial charge on any atom is -0.393 e. The highest BCUT2D eigenvalue weighted by Crippen LogP contribution is 2.11. The summed E-state index contributed by atoms with van der Waals surface area (Å²) in [4.78, 5) is 0. The Bertz CT molecular complexity index is 105. The Balaban J connectivity index is 0. The summed E-state index contributed by atoms with van der Waals surface area (Å²) >= 11 is 0. The summed E-state index contributed by atoms with van der Waals surface area (Å²) in [5.41, 5.74) is -0.417.